The van der Waals surface area contributed by atoms with Crippen molar-refractivity contribution in [2.24, 2.45) is 0 Å². The van der Waals surface area contributed by atoms with Crippen LogP contribution in [0, 0.1) is 10.1 Å². The van der Waals surface area contributed by atoms with Gasteiger partial charge in [0.2, 0.25) is 0 Å². The number of rotatable bonds is 4. The number of para-hydroxylation sites is 2. The molecule has 0 spiro atoms. The molecule has 0 bridgehead atoms. The van der Waals surface area contributed by atoms with E-state index in [0.717, 1.165) is 0 Å². The Hall–Kier alpha value is -3.14. The van der Waals surface area contributed by atoms with Gasteiger partial charge in [-0.1, -0.05) is 12.1 Å². The molecule has 4 rings (SSSR count). The molecule has 2 amide bonds. The topological polar surface area (TPSA) is 110 Å². The maximum Gasteiger partial charge on any atom is 0.329 e. The van der Waals surface area contributed by atoms with Gasteiger partial charge in [0.05, 0.1) is 41.3 Å². The number of urea groups is 1. The summed E-state index contributed by atoms with van der Waals surface area (Å²) in [6.07, 6.45) is 0. The molecule has 2 heterocycles. The predicted molar refractivity (Wildman–Crippen MR) is 103 cm³/mol. The zero-order chi connectivity index (χ0) is 20.1. The average molecular weight is 403 g/mol. The molecular weight excluding hydrogens is 386 g/mol. The Morgan fingerprint density at radius 1 is 1.04 bits per heavy atom. The summed E-state index contributed by atoms with van der Waals surface area (Å²) in [6.45, 7) is 0. The van der Waals surface area contributed by atoms with Crippen LogP contribution in [0.5, 0.6) is 5.75 Å². The molecular formula is C18H17N3O6S. The van der Waals surface area contributed by atoms with Crippen LogP contribution in [0.15, 0.2) is 48.5 Å². The molecule has 10 heteroatoms. The number of nitro benzene ring substituents is 1. The van der Waals surface area contributed by atoms with Gasteiger partial charge in [0.15, 0.2) is 9.84 Å². The molecule has 0 N–H and O–H groups in total. The fourth-order valence-corrected chi connectivity index (χ4v) is 5.77. The first-order valence-corrected chi connectivity index (χ1v) is 10.3. The standard InChI is InChI=1S/C18H17N3O6S/c1-27-17-5-3-2-4-14(17)20-16-11-28(25,26)10-15(16)19(18(20)22)12-6-8-13(9-7-12)21(23)24/h2-9,15-16H,10-11H2,1H3/t15-,16-/m1/s1. The molecule has 2 fully saturated rings. The minimum absolute atomic E-state index is 0.104. The van der Waals surface area contributed by atoms with Crippen LogP contribution in [0.2, 0.25) is 0 Å². The zero-order valence-corrected chi connectivity index (χ0v) is 15.7. The second-order valence-electron chi connectivity index (χ2n) is 6.68. The van der Waals surface area contributed by atoms with E-state index in [1.807, 2.05) is 0 Å². The number of amides is 2. The maximum atomic E-state index is 13.3. The number of fused-ring (bicyclic) bond motifs is 1. The van der Waals surface area contributed by atoms with Crippen molar-refractivity contribution in [3.05, 3.63) is 58.6 Å². The van der Waals surface area contributed by atoms with Crippen LogP contribution in [0.3, 0.4) is 0 Å². The summed E-state index contributed by atoms with van der Waals surface area (Å²) in [4.78, 5) is 26.5. The number of anilines is 2. The molecule has 0 aliphatic carbocycles. The van der Waals surface area contributed by atoms with Gasteiger partial charge < -0.3 is 4.74 Å². The normalized spacial score (nSPS) is 23.0. The molecule has 2 saturated heterocycles. The van der Waals surface area contributed by atoms with E-state index < -0.39 is 26.8 Å². The van der Waals surface area contributed by atoms with Crippen LogP contribution in [0.1, 0.15) is 0 Å². The van der Waals surface area contributed by atoms with Crippen molar-refractivity contribution < 1.29 is 22.9 Å². The van der Waals surface area contributed by atoms with Gasteiger partial charge >= 0.3 is 6.03 Å². The molecule has 9 nitrogen and oxygen atoms in total. The second-order valence-corrected chi connectivity index (χ2v) is 8.83. The summed E-state index contributed by atoms with van der Waals surface area (Å²) in [5.74, 6) is 0.154. The van der Waals surface area contributed by atoms with E-state index in [0.29, 0.717) is 17.1 Å². The van der Waals surface area contributed by atoms with Crippen LogP contribution in [-0.4, -0.2) is 50.1 Å². The first kappa shape index (κ1) is 18.2. The third-order valence-electron chi connectivity index (χ3n) is 5.05. The van der Waals surface area contributed by atoms with Crippen LogP contribution in [0.4, 0.5) is 21.9 Å². The Morgan fingerprint density at radius 2 is 1.64 bits per heavy atom. The molecule has 0 radical (unpaired) electrons. The smallest absolute Gasteiger partial charge is 0.329 e. The van der Waals surface area contributed by atoms with Crippen molar-refractivity contribution in [3.63, 3.8) is 0 Å². The molecule has 0 aromatic heterocycles. The monoisotopic (exact) mass is 403 g/mol. The molecule has 2 aromatic rings. The molecule has 146 valence electrons. The first-order valence-electron chi connectivity index (χ1n) is 8.53. The number of hydrogen-bond acceptors (Lipinski definition) is 6. The van der Waals surface area contributed by atoms with Crippen molar-refractivity contribution >= 4 is 32.9 Å². The van der Waals surface area contributed by atoms with E-state index in [-0.39, 0.29) is 23.2 Å². The highest BCUT2D eigenvalue weighted by Crippen LogP contribution is 2.41. The van der Waals surface area contributed by atoms with Crippen LogP contribution in [-0.2, 0) is 9.84 Å². The van der Waals surface area contributed by atoms with Gasteiger partial charge in [-0.3, -0.25) is 19.9 Å². The average Bonchev–Trinajstić information content (AvgIpc) is 3.10. The van der Waals surface area contributed by atoms with Crippen LogP contribution in [0.25, 0.3) is 0 Å². The number of carbonyl (C=O) groups is 1. The van der Waals surface area contributed by atoms with Gasteiger partial charge in [0.1, 0.15) is 5.75 Å². The quantitative estimate of drug-likeness (QED) is 0.440. The van der Waals surface area contributed by atoms with Gasteiger partial charge in [-0.25, -0.2) is 13.2 Å². The van der Waals surface area contributed by atoms with Crippen LogP contribution >= 0.6 is 0 Å². The van der Waals surface area contributed by atoms with E-state index in [1.165, 1.54) is 41.2 Å². The van der Waals surface area contributed by atoms with E-state index >= 15 is 0 Å². The van der Waals surface area contributed by atoms with Gasteiger partial charge in [0, 0.05) is 17.8 Å². The lowest BCUT2D eigenvalue weighted by Crippen LogP contribution is -2.38. The van der Waals surface area contributed by atoms with Crippen LogP contribution < -0.4 is 14.5 Å². The maximum absolute atomic E-state index is 13.3. The number of nitro groups is 1. The van der Waals surface area contributed by atoms with Crippen molar-refractivity contribution in [1.29, 1.82) is 0 Å². The van der Waals surface area contributed by atoms with Crippen molar-refractivity contribution in [3.8, 4) is 5.75 Å². The molecule has 2 atom stereocenters. The number of non-ortho nitro benzene ring substituents is 1. The fraction of sp³-hybridized carbons (Fsp3) is 0.278. The summed E-state index contributed by atoms with van der Waals surface area (Å²) >= 11 is 0. The predicted octanol–water partition coefficient (Wildman–Crippen LogP) is 2.22. The molecule has 2 aliphatic heterocycles. The van der Waals surface area contributed by atoms with Gasteiger partial charge in [-0.05, 0) is 24.3 Å². The van der Waals surface area contributed by atoms with E-state index in [9.17, 15) is 23.3 Å². The minimum Gasteiger partial charge on any atom is -0.495 e. The summed E-state index contributed by atoms with van der Waals surface area (Å²) in [5, 5.41) is 10.9. The lowest BCUT2D eigenvalue weighted by Gasteiger charge is -2.24. The number of ether oxygens (including phenoxy) is 1. The highest BCUT2D eigenvalue weighted by atomic mass is 32.2. The Morgan fingerprint density at radius 3 is 2.25 bits per heavy atom. The number of methoxy groups -OCH3 is 1. The highest BCUT2D eigenvalue weighted by Gasteiger charge is 2.55. The molecule has 2 aliphatic rings. The fourth-order valence-electron chi connectivity index (χ4n) is 3.85. The molecule has 28 heavy (non-hydrogen) atoms. The third-order valence-corrected chi connectivity index (χ3v) is 6.75. The lowest BCUT2D eigenvalue weighted by molar-refractivity contribution is -0.384. The number of benzene rings is 2. The van der Waals surface area contributed by atoms with Crippen molar-refractivity contribution in [2.45, 2.75) is 12.1 Å². The van der Waals surface area contributed by atoms with Crippen molar-refractivity contribution in [2.75, 3.05) is 28.4 Å². The number of carbonyl (C=O) groups excluding carboxylic acids is 1. The summed E-state index contributed by atoms with van der Waals surface area (Å²) in [7, 11) is -1.85. The van der Waals surface area contributed by atoms with Gasteiger partial charge in [-0.15, -0.1) is 0 Å². The van der Waals surface area contributed by atoms with E-state index in [2.05, 4.69) is 0 Å². The molecule has 0 unspecified atom stereocenters. The van der Waals surface area contributed by atoms with Gasteiger partial charge in [0.25, 0.3) is 5.69 Å². The Kier molecular flexibility index (Phi) is 4.22. The third kappa shape index (κ3) is 2.85. The Bertz CT molecular complexity index is 1050. The largest absolute Gasteiger partial charge is 0.495 e. The van der Waals surface area contributed by atoms with E-state index in [4.69, 9.17) is 4.74 Å². The second kappa shape index (κ2) is 6.48. The summed E-state index contributed by atoms with van der Waals surface area (Å²) in [5.41, 5.74) is 0.805. The zero-order valence-electron chi connectivity index (χ0n) is 14.9. The van der Waals surface area contributed by atoms with Gasteiger partial charge in [-0.2, -0.15) is 0 Å². The summed E-state index contributed by atoms with van der Waals surface area (Å²) < 4.78 is 30.0. The Labute approximate surface area is 161 Å². The minimum atomic E-state index is -3.34. The number of sulfone groups is 1. The van der Waals surface area contributed by atoms with E-state index in [1.54, 1.807) is 24.3 Å². The van der Waals surface area contributed by atoms with Crippen molar-refractivity contribution in [1.82, 2.24) is 0 Å². The molecule has 0 saturated carbocycles. The SMILES string of the molecule is COc1ccccc1N1C(=O)N(c2ccc([N+](=O)[O-])cc2)[C@@H]2CS(=O)(=O)C[C@H]21. The Balaban J connectivity index is 1.80. The highest BCUT2D eigenvalue weighted by molar-refractivity contribution is 7.91. The summed E-state index contributed by atoms with van der Waals surface area (Å²) in [6, 6.07) is 10.9. The lowest BCUT2D eigenvalue weighted by atomic mass is 10.1. The number of nitrogens with zero attached hydrogens (tertiary/aromatic N) is 3. The number of hydrogen-bond donors (Lipinski definition) is 0. The molecule has 2 aromatic carbocycles. The first-order chi connectivity index (χ1) is 13.3.